The Morgan fingerprint density at radius 2 is 1.92 bits per heavy atom. The van der Waals surface area contributed by atoms with Gasteiger partial charge in [-0.2, -0.15) is 0 Å². The van der Waals surface area contributed by atoms with Gasteiger partial charge in [-0.05, 0) is 54.0 Å². The van der Waals surface area contributed by atoms with Crippen LogP contribution in [0.25, 0.3) is 10.9 Å². The third kappa shape index (κ3) is 7.38. The molecule has 0 radical (unpaired) electrons. The molecule has 39 heavy (non-hydrogen) atoms. The third-order valence-corrected chi connectivity index (χ3v) is 6.46. The van der Waals surface area contributed by atoms with E-state index in [1.807, 2.05) is 36.5 Å². The van der Waals surface area contributed by atoms with Crippen molar-refractivity contribution in [3.63, 3.8) is 0 Å². The lowest BCUT2D eigenvalue weighted by Gasteiger charge is -2.29. The molecule has 4 rings (SSSR count). The number of hydrogen-bond acceptors (Lipinski definition) is 8. The Labute approximate surface area is 226 Å². The van der Waals surface area contributed by atoms with Gasteiger partial charge < -0.3 is 39.1 Å². The van der Waals surface area contributed by atoms with E-state index in [1.165, 1.54) is 7.11 Å². The van der Waals surface area contributed by atoms with E-state index in [-0.39, 0.29) is 37.4 Å². The first-order valence-electron chi connectivity index (χ1n) is 12.8. The van der Waals surface area contributed by atoms with E-state index in [0.29, 0.717) is 31.6 Å². The molecular formula is C29H34N2O8. The van der Waals surface area contributed by atoms with E-state index in [4.69, 9.17) is 28.8 Å². The Balaban J connectivity index is 1.42. The zero-order chi connectivity index (χ0) is 27.6. The number of carbonyl (C=O) groups excluding carboxylic acids is 2. The molecule has 0 aliphatic carbocycles. The molecule has 0 bridgehead atoms. The lowest BCUT2D eigenvalue weighted by atomic mass is 9.92. The number of aliphatic hydroxyl groups is 1. The summed E-state index contributed by atoms with van der Waals surface area (Å²) in [4.78, 5) is 28.2. The van der Waals surface area contributed by atoms with E-state index in [0.717, 1.165) is 27.8 Å². The number of aromatic nitrogens is 1. The van der Waals surface area contributed by atoms with Gasteiger partial charge in [-0.1, -0.05) is 12.1 Å². The second-order valence-corrected chi connectivity index (χ2v) is 8.97. The van der Waals surface area contributed by atoms with E-state index in [2.05, 4.69) is 10.3 Å². The van der Waals surface area contributed by atoms with Crippen LogP contribution in [0.4, 0.5) is 0 Å². The number of methoxy groups -OCH3 is 2. The molecule has 1 aliphatic rings. The van der Waals surface area contributed by atoms with Crippen LogP contribution in [0.15, 0.2) is 60.5 Å². The summed E-state index contributed by atoms with van der Waals surface area (Å²) in [5, 5.41) is 12.9. The average Bonchev–Trinajstić information content (AvgIpc) is 3.38. The topological polar surface area (TPSA) is 128 Å². The van der Waals surface area contributed by atoms with Gasteiger partial charge in [0.1, 0.15) is 5.75 Å². The molecule has 0 fully saturated rings. The summed E-state index contributed by atoms with van der Waals surface area (Å²) in [6.07, 6.45) is 4.14. The molecule has 1 aliphatic heterocycles. The van der Waals surface area contributed by atoms with Crippen LogP contribution < -0.4 is 10.1 Å². The number of nitrogens with one attached hydrogen (secondary N) is 2. The van der Waals surface area contributed by atoms with E-state index in [9.17, 15) is 9.59 Å². The number of hydrogen-bond donors (Lipinski definition) is 3. The fourth-order valence-corrected chi connectivity index (χ4v) is 4.43. The highest BCUT2D eigenvalue weighted by Gasteiger charge is 2.29. The SMILES string of the molecule is COC(=O)c1ccc(C2C=C(C(=O)NCCc3c[nH]c4ccc(OC)cc34)OC(OCCOCCO)C2)cc1. The quantitative estimate of drug-likeness (QED) is 0.224. The number of H-pyrrole nitrogens is 1. The Morgan fingerprint density at radius 3 is 2.67 bits per heavy atom. The van der Waals surface area contributed by atoms with Crippen molar-refractivity contribution in [2.24, 2.45) is 0 Å². The maximum absolute atomic E-state index is 13.1. The van der Waals surface area contributed by atoms with Gasteiger partial charge in [0.05, 0.1) is 46.2 Å². The molecular weight excluding hydrogens is 504 g/mol. The van der Waals surface area contributed by atoms with Crippen molar-refractivity contribution in [3.05, 3.63) is 77.2 Å². The highest BCUT2D eigenvalue weighted by Crippen LogP contribution is 2.32. The average molecular weight is 539 g/mol. The molecule has 1 amide bonds. The van der Waals surface area contributed by atoms with Crippen LogP contribution in [0.5, 0.6) is 5.75 Å². The lowest BCUT2D eigenvalue weighted by Crippen LogP contribution is -2.34. The molecule has 2 aromatic carbocycles. The number of allylic oxidation sites excluding steroid dienone is 1. The van der Waals surface area contributed by atoms with Crippen molar-refractivity contribution in [3.8, 4) is 5.75 Å². The number of ether oxygens (including phenoxy) is 5. The normalized spacial score (nSPS) is 16.8. The van der Waals surface area contributed by atoms with Gasteiger partial charge in [0.2, 0.25) is 6.29 Å². The summed E-state index contributed by atoms with van der Waals surface area (Å²) in [5.41, 5.74) is 3.42. The molecule has 2 atom stereocenters. The first kappa shape index (κ1) is 28.2. The van der Waals surface area contributed by atoms with Crippen molar-refractivity contribution in [1.29, 1.82) is 0 Å². The smallest absolute Gasteiger partial charge is 0.337 e. The van der Waals surface area contributed by atoms with Gasteiger partial charge in [-0.25, -0.2) is 4.79 Å². The van der Waals surface area contributed by atoms with Gasteiger partial charge in [-0.3, -0.25) is 4.79 Å². The highest BCUT2D eigenvalue weighted by atomic mass is 16.7. The first-order valence-corrected chi connectivity index (χ1v) is 12.8. The van der Waals surface area contributed by atoms with Crippen LogP contribution >= 0.6 is 0 Å². The molecule has 2 unspecified atom stereocenters. The second kappa shape index (κ2) is 13.8. The Kier molecular flexibility index (Phi) is 9.96. The van der Waals surface area contributed by atoms with Crippen LogP contribution in [-0.4, -0.2) is 75.4 Å². The van der Waals surface area contributed by atoms with Crippen LogP contribution in [0.1, 0.15) is 33.8 Å². The van der Waals surface area contributed by atoms with E-state index < -0.39 is 12.3 Å². The van der Waals surface area contributed by atoms with E-state index in [1.54, 1.807) is 25.3 Å². The van der Waals surface area contributed by atoms with Crippen molar-refractivity contribution < 1.29 is 38.4 Å². The van der Waals surface area contributed by atoms with Crippen molar-refractivity contribution in [1.82, 2.24) is 10.3 Å². The number of benzene rings is 2. The maximum atomic E-state index is 13.1. The summed E-state index contributed by atoms with van der Waals surface area (Å²) in [5.74, 6) is 0.0164. The molecule has 3 aromatic rings. The number of amides is 1. The summed E-state index contributed by atoms with van der Waals surface area (Å²) in [6.45, 7) is 1.10. The molecule has 2 heterocycles. The van der Waals surface area contributed by atoms with Crippen molar-refractivity contribution in [2.75, 3.05) is 47.2 Å². The van der Waals surface area contributed by atoms with Gasteiger partial charge in [0.15, 0.2) is 5.76 Å². The van der Waals surface area contributed by atoms with Crippen LogP contribution in [0.2, 0.25) is 0 Å². The number of carbonyl (C=O) groups is 2. The standard InChI is InChI=1S/C29H34N2O8/c1-35-23-7-8-25-24(17-23)21(18-31-25)9-10-30-28(33)26-15-22(16-27(39-26)38-14-13-37-12-11-32)19-3-5-20(6-4-19)29(34)36-2/h3-8,15,17-18,22,27,31-32H,9-14,16H2,1-2H3,(H,30,33). The summed E-state index contributed by atoms with van der Waals surface area (Å²) in [7, 11) is 2.97. The molecule has 0 saturated heterocycles. The second-order valence-electron chi connectivity index (χ2n) is 8.97. The molecule has 0 spiro atoms. The minimum atomic E-state index is -0.667. The summed E-state index contributed by atoms with van der Waals surface area (Å²) >= 11 is 0. The Bertz CT molecular complexity index is 1280. The monoisotopic (exact) mass is 538 g/mol. The van der Waals surface area contributed by atoms with Gasteiger partial charge in [0, 0.05) is 36.0 Å². The number of esters is 1. The predicted octanol–water partition coefficient (Wildman–Crippen LogP) is 3.06. The van der Waals surface area contributed by atoms with Crippen LogP contribution in [0.3, 0.4) is 0 Å². The lowest BCUT2D eigenvalue weighted by molar-refractivity contribution is -0.151. The van der Waals surface area contributed by atoms with Gasteiger partial charge >= 0.3 is 5.97 Å². The number of aliphatic hydroxyl groups excluding tert-OH is 1. The fraction of sp³-hybridized carbons (Fsp3) is 0.379. The molecule has 0 saturated carbocycles. The van der Waals surface area contributed by atoms with E-state index >= 15 is 0 Å². The summed E-state index contributed by atoms with van der Waals surface area (Å²) < 4.78 is 27.1. The minimum Gasteiger partial charge on any atom is -0.497 e. The number of aromatic amines is 1. The number of fused-ring (bicyclic) bond motifs is 1. The van der Waals surface area contributed by atoms with Gasteiger partial charge in [0.25, 0.3) is 5.91 Å². The van der Waals surface area contributed by atoms with Gasteiger partial charge in [-0.15, -0.1) is 0 Å². The third-order valence-electron chi connectivity index (χ3n) is 6.46. The fourth-order valence-electron chi connectivity index (χ4n) is 4.43. The molecule has 3 N–H and O–H groups in total. The zero-order valence-corrected chi connectivity index (χ0v) is 22.1. The first-order chi connectivity index (χ1) is 19.0. The maximum Gasteiger partial charge on any atom is 0.337 e. The Hall–Kier alpha value is -3.86. The Morgan fingerprint density at radius 1 is 1.10 bits per heavy atom. The largest absolute Gasteiger partial charge is 0.497 e. The predicted molar refractivity (Wildman–Crippen MR) is 144 cm³/mol. The number of rotatable bonds is 13. The minimum absolute atomic E-state index is 0.0667. The van der Waals surface area contributed by atoms with Crippen molar-refractivity contribution >= 4 is 22.8 Å². The van der Waals surface area contributed by atoms with Crippen LogP contribution in [0, 0.1) is 0 Å². The summed E-state index contributed by atoms with van der Waals surface area (Å²) in [6, 6.07) is 12.9. The highest BCUT2D eigenvalue weighted by molar-refractivity contribution is 5.92. The molecule has 208 valence electrons. The molecule has 10 nitrogen and oxygen atoms in total. The molecule has 10 heteroatoms. The zero-order valence-electron chi connectivity index (χ0n) is 22.1. The van der Waals surface area contributed by atoms with Crippen LogP contribution in [-0.2, 0) is 30.2 Å². The van der Waals surface area contributed by atoms with Crippen molar-refractivity contribution in [2.45, 2.75) is 25.0 Å². The molecule has 1 aromatic heterocycles.